The first-order chi connectivity index (χ1) is 6.43. The molecule has 0 amide bonds. The van der Waals surface area contributed by atoms with Crippen LogP contribution >= 0.6 is 0 Å². The van der Waals surface area contributed by atoms with Crippen LogP contribution in [0.15, 0.2) is 6.07 Å². The zero-order valence-corrected chi connectivity index (χ0v) is 13.6. The van der Waals surface area contributed by atoms with Gasteiger partial charge >= 0.3 is 0 Å². The van der Waals surface area contributed by atoms with Gasteiger partial charge in [0.05, 0.1) is 0 Å². The molecule has 1 aromatic carbocycles. The summed E-state index contributed by atoms with van der Waals surface area (Å²) in [4.78, 5) is 0. The molecule has 0 saturated carbocycles. The third kappa shape index (κ3) is 3.68. The Morgan fingerprint density at radius 1 is 1.13 bits per heavy atom. The first kappa shape index (κ1) is 15.3. The van der Waals surface area contributed by atoms with Gasteiger partial charge in [0.25, 0.3) is 0 Å². The van der Waals surface area contributed by atoms with Gasteiger partial charge < -0.3 is 5.92 Å². The standard InChI is InChI=1S/C14H20.Y/c1-9(2)13(6)14-8-11(4)10(3)7-12(14)5;/h7,13H,1-6H3;/q-2;. The largest absolute Gasteiger partial charge is 0.315 e. The minimum Gasteiger partial charge on any atom is -0.315 e. The summed E-state index contributed by atoms with van der Waals surface area (Å²) >= 11 is 0. The van der Waals surface area contributed by atoms with E-state index in [1.807, 2.05) is 0 Å². The molecule has 1 aromatic rings. The van der Waals surface area contributed by atoms with E-state index in [0.717, 1.165) is 0 Å². The molecule has 0 heterocycles. The fraction of sp³-hybridized carbons (Fsp3) is 0.500. The van der Waals surface area contributed by atoms with Crippen LogP contribution in [0, 0.1) is 32.8 Å². The van der Waals surface area contributed by atoms with Crippen molar-refractivity contribution in [2.75, 3.05) is 0 Å². The monoisotopic (exact) mass is 277 g/mol. The van der Waals surface area contributed by atoms with Crippen molar-refractivity contribution in [3.05, 3.63) is 40.3 Å². The molecule has 1 atom stereocenters. The Labute approximate surface area is 120 Å². The molecule has 0 N–H and O–H groups in total. The maximum Gasteiger partial charge on any atom is 0 e. The quantitative estimate of drug-likeness (QED) is 0.713. The van der Waals surface area contributed by atoms with Crippen LogP contribution in [-0.2, 0) is 32.7 Å². The summed E-state index contributed by atoms with van der Waals surface area (Å²) < 4.78 is 0. The first-order valence-electron chi connectivity index (χ1n) is 5.23. The van der Waals surface area contributed by atoms with Gasteiger partial charge in [-0.2, -0.15) is 54.2 Å². The molecule has 0 saturated heterocycles. The zero-order valence-electron chi connectivity index (χ0n) is 10.7. The van der Waals surface area contributed by atoms with Crippen molar-refractivity contribution in [3.63, 3.8) is 0 Å². The van der Waals surface area contributed by atoms with E-state index in [1.54, 1.807) is 0 Å². The Bertz CT molecular complexity index is 326. The van der Waals surface area contributed by atoms with Crippen LogP contribution in [0.5, 0.6) is 0 Å². The van der Waals surface area contributed by atoms with Crippen molar-refractivity contribution >= 4 is 0 Å². The Hall–Kier alpha value is 0.324. The molecular weight excluding hydrogens is 257 g/mol. The number of rotatable bonds is 2. The predicted octanol–water partition coefficient (Wildman–Crippen LogP) is 4.13. The van der Waals surface area contributed by atoms with Crippen LogP contribution < -0.4 is 0 Å². The van der Waals surface area contributed by atoms with Gasteiger partial charge in [-0.05, 0) is 0 Å². The first-order valence-corrected chi connectivity index (χ1v) is 5.23. The summed E-state index contributed by atoms with van der Waals surface area (Å²) in [5.41, 5.74) is 5.33. The summed E-state index contributed by atoms with van der Waals surface area (Å²) in [5, 5.41) is 0. The van der Waals surface area contributed by atoms with E-state index < -0.39 is 0 Å². The van der Waals surface area contributed by atoms with E-state index in [9.17, 15) is 0 Å². The van der Waals surface area contributed by atoms with Gasteiger partial charge in [-0.1, -0.05) is 27.7 Å². The van der Waals surface area contributed by atoms with E-state index in [0.29, 0.717) is 5.92 Å². The van der Waals surface area contributed by atoms with Crippen LogP contribution in [0.1, 0.15) is 48.9 Å². The van der Waals surface area contributed by atoms with E-state index in [-0.39, 0.29) is 32.7 Å². The van der Waals surface area contributed by atoms with Crippen molar-refractivity contribution in [3.8, 4) is 0 Å². The van der Waals surface area contributed by atoms with Gasteiger partial charge in [-0.15, -0.1) is 0 Å². The normalized spacial score (nSPS) is 12.5. The third-order valence-corrected chi connectivity index (χ3v) is 3.07. The summed E-state index contributed by atoms with van der Waals surface area (Å²) in [7, 11) is 0. The van der Waals surface area contributed by atoms with E-state index >= 15 is 0 Å². The van der Waals surface area contributed by atoms with Gasteiger partial charge in [-0.3, -0.25) is 0 Å². The van der Waals surface area contributed by atoms with Crippen LogP contribution in [0.3, 0.4) is 0 Å². The molecule has 0 fully saturated rings. The Balaban J connectivity index is 0.00000196. The molecule has 0 aliphatic rings. The minimum absolute atomic E-state index is 0. The topological polar surface area (TPSA) is 0 Å². The molecule has 0 bridgehead atoms. The molecule has 1 radical (unpaired) electrons. The van der Waals surface area contributed by atoms with Crippen molar-refractivity contribution in [1.29, 1.82) is 0 Å². The molecular formula is C14H20Y-2. The molecule has 0 nitrogen and oxygen atoms in total. The second kappa shape index (κ2) is 6.16. The molecule has 15 heavy (non-hydrogen) atoms. The summed E-state index contributed by atoms with van der Waals surface area (Å²) in [6.07, 6.45) is 0. The molecule has 0 aliphatic heterocycles. The molecule has 1 rings (SSSR count). The van der Waals surface area contributed by atoms with Crippen LogP contribution in [0.2, 0.25) is 0 Å². The van der Waals surface area contributed by atoms with Gasteiger partial charge in [0.1, 0.15) is 0 Å². The molecule has 1 unspecified atom stereocenters. The molecule has 0 aromatic heterocycles. The van der Waals surface area contributed by atoms with Gasteiger partial charge in [0.2, 0.25) is 0 Å². The average molecular weight is 277 g/mol. The second-order valence-electron chi connectivity index (χ2n) is 4.47. The summed E-state index contributed by atoms with van der Waals surface area (Å²) in [6.45, 7) is 13.1. The van der Waals surface area contributed by atoms with E-state index in [2.05, 4.69) is 53.7 Å². The predicted molar refractivity (Wildman–Crippen MR) is 62.5 cm³/mol. The van der Waals surface area contributed by atoms with Gasteiger partial charge in [-0.25, -0.2) is 0 Å². The van der Waals surface area contributed by atoms with Crippen molar-refractivity contribution < 1.29 is 32.7 Å². The average Bonchev–Trinajstić information content (AvgIpc) is 2.10. The summed E-state index contributed by atoms with van der Waals surface area (Å²) in [6, 6.07) is 5.77. The second-order valence-corrected chi connectivity index (χ2v) is 4.47. The van der Waals surface area contributed by atoms with Gasteiger partial charge in [0, 0.05) is 32.7 Å². The fourth-order valence-corrected chi connectivity index (χ4v) is 1.65. The smallest absolute Gasteiger partial charge is 0 e. The summed E-state index contributed by atoms with van der Waals surface area (Å²) in [5.74, 6) is 1.97. The minimum atomic E-state index is 0. The maximum atomic E-state index is 3.50. The van der Waals surface area contributed by atoms with Crippen LogP contribution in [0.4, 0.5) is 0 Å². The third-order valence-electron chi connectivity index (χ3n) is 3.07. The molecule has 1 heteroatoms. The number of hydrogen-bond donors (Lipinski definition) is 0. The molecule has 0 aliphatic carbocycles. The Morgan fingerprint density at radius 2 is 1.67 bits per heavy atom. The fourth-order valence-electron chi connectivity index (χ4n) is 1.65. The van der Waals surface area contributed by atoms with Crippen LogP contribution in [-0.4, -0.2) is 0 Å². The Morgan fingerprint density at radius 3 is 2.13 bits per heavy atom. The molecule has 0 spiro atoms. The van der Waals surface area contributed by atoms with E-state index in [4.69, 9.17) is 0 Å². The maximum absolute atomic E-state index is 3.50. The van der Waals surface area contributed by atoms with Crippen molar-refractivity contribution in [1.82, 2.24) is 0 Å². The number of benzene rings is 1. The van der Waals surface area contributed by atoms with Crippen LogP contribution in [0.25, 0.3) is 0 Å². The SMILES string of the molecule is Cc1[c-]c(C(C)[C-](C)C)c(C)cc1C.[Y]. The van der Waals surface area contributed by atoms with Crippen molar-refractivity contribution in [2.24, 2.45) is 0 Å². The molecule has 81 valence electrons. The number of hydrogen-bond acceptors (Lipinski definition) is 0. The van der Waals surface area contributed by atoms with E-state index in [1.165, 1.54) is 28.2 Å². The van der Waals surface area contributed by atoms with Gasteiger partial charge in [0.15, 0.2) is 0 Å². The Kier molecular flexibility index (Phi) is 6.29. The zero-order chi connectivity index (χ0) is 10.9. The number of aryl methyl sites for hydroxylation is 3. The van der Waals surface area contributed by atoms with Crippen molar-refractivity contribution in [2.45, 2.75) is 47.5 Å².